The molecule has 4 rings (SSSR count). The molecule has 1 N–H and O–H groups in total. The minimum atomic E-state index is -0.973. The van der Waals surface area contributed by atoms with Crippen molar-refractivity contribution in [3.8, 4) is 22.8 Å². The molecular weight excluding hydrogens is 310 g/mol. The van der Waals surface area contributed by atoms with E-state index in [4.69, 9.17) is 9.63 Å². The maximum absolute atomic E-state index is 10.9. The first-order chi connectivity index (χ1) is 11.7. The number of carboxylic acid groups (broad SMARTS) is 1. The van der Waals surface area contributed by atoms with E-state index in [9.17, 15) is 4.79 Å². The van der Waals surface area contributed by atoms with Crippen LogP contribution in [0.1, 0.15) is 5.82 Å². The molecule has 0 saturated heterocycles. The standard InChI is InChI=1S/C16H11N5O3/c22-13(23)9-12-18-19-15-11(7-4-8-21(12)15)16-17-14(20-24-16)10-5-2-1-3-6-10/h1-8H,9H2,(H,22,23). The Balaban J connectivity index is 1.79. The highest BCUT2D eigenvalue weighted by Gasteiger charge is 2.17. The molecule has 3 aromatic heterocycles. The first-order valence-electron chi connectivity index (χ1n) is 7.16. The number of benzene rings is 1. The molecule has 0 atom stereocenters. The van der Waals surface area contributed by atoms with Crippen molar-refractivity contribution in [2.45, 2.75) is 6.42 Å². The quantitative estimate of drug-likeness (QED) is 0.613. The summed E-state index contributed by atoms with van der Waals surface area (Å²) in [4.78, 5) is 15.3. The van der Waals surface area contributed by atoms with Crippen LogP contribution < -0.4 is 0 Å². The number of carboxylic acids is 1. The molecule has 0 radical (unpaired) electrons. The van der Waals surface area contributed by atoms with Crippen molar-refractivity contribution < 1.29 is 14.4 Å². The Bertz CT molecular complexity index is 1020. The minimum Gasteiger partial charge on any atom is -0.481 e. The van der Waals surface area contributed by atoms with Crippen LogP contribution in [0.25, 0.3) is 28.5 Å². The van der Waals surface area contributed by atoms with Gasteiger partial charge in [-0.05, 0) is 12.1 Å². The molecule has 0 unspecified atom stereocenters. The third-order valence-corrected chi connectivity index (χ3v) is 3.50. The van der Waals surface area contributed by atoms with Gasteiger partial charge in [0.1, 0.15) is 12.2 Å². The van der Waals surface area contributed by atoms with Crippen LogP contribution in [0.2, 0.25) is 0 Å². The van der Waals surface area contributed by atoms with Gasteiger partial charge < -0.3 is 9.63 Å². The molecule has 24 heavy (non-hydrogen) atoms. The molecule has 0 aliphatic heterocycles. The number of pyridine rings is 1. The highest BCUT2D eigenvalue weighted by Crippen LogP contribution is 2.25. The SMILES string of the molecule is O=C(O)Cc1nnc2c(-c3nc(-c4ccccc4)no3)cccn12. The minimum absolute atomic E-state index is 0.219. The Labute approximate surface area is 135 Å². The average molecular weight is 321 g/mol. The zero-order valence-electron chi connectivity index (χ0n) is 12.3. The zero-order valence-corrected chi connectivity index (χ0v) is 12.3. The first-order valence-corrected chi connectivity index (χ1v) is 7.16. The van der Waals surface area contributed by atoms with E-state index in [2.05, 4.69) is 20.3 Å². The predicted molar refractivity (Wildman–Crippen MR) is 83.1 cm³/mol. The van der Waals surface area contributed by atoms with Crippen LogP contribution in [-0.2, 0) is 11.2 Å². The summed E-state index contributed by atoms with van der Waals surface area (Å²) < 4.78 is 6.95. The van der Waals surface area contributed by atoms with Gasteiger partial charge in [0.2, 0.25) is 5.82 Å². The highest BCUT2D eigenvalue weighted by molar-refractivity contribution is 5.74. The van der Waals surface area contributed by atoms with Crippen LogP contribution in [0.4, 0.5) is 0 Å². The molecule has 3 heterocycles. The second-order valence-electron chi connectivity index (χ2n) is 5.09. The molecule has 0 amide bonds. The molecule has 0 aliphatic rings. The van der Waals surface area contributed by atoms with Gasteiger partial charge in [-0.25, -0.2) is 0 Å². The predicted octanol–water partition coefficient (Wildman–Crippen LogP) is 2.07. The van der Waals surface area contributed by atoms with Crippen molar-refractivity contribution in [3.05, 3.63) is 54.5 Å². The van der Waals surface area contributed by atoms with E-state index in [1.807, 2.05) is 30.3 Å². The van der Waals surface area contributed by atoms with E-state index in [0.717, 1.165) is 5.56 Å². The molecule has 0 saturated carbocycles. The lowest BCUT2D eigenvalue weighted by Crippen LogP contribution is -2.04. The third-order valence-electron chi connectivity index (χ3n) is 3.50. The largest absolute Gasteiger partial charge is 0.481 e. The molecule has 0 aliphatic carbocycles. The highest BCUT2D eigenvalue weighted by atomic mass is 16.5. The summed E-state index contributed by atoms with van der Waals surface area (Å²) in [5, 5.41) is 20.9. The summed E-state index contributed by atoms with van der Waals surface area (Å²) >= 11 is 0. The molecule has 0 spiro atoms. The van der Waals surface area contributed by atoms with E-state index < -0.39 is 5.97 Å². The monoisotopic (exact) mass is 321 g/mol. The van der Waals surface area contributed by atoms with Crippen LogP contribution in [0.15, 0.2) is 53.2 Å². The topological polar surface area (TPSA) is 106 Å². The molecule has 0 fully saturated rings. The Morgan fingerprint density at radius 2 is 1.96 bits per heavy atom. The second kappa shape index (κ2) is 5.58. The Hall–Kier alpha value is -3.55. The summed E-state index contributed by atoms with van der Waals surface area (Å²) in [6.45, 7) is 0. The number of aromatic nitrogens is 5. The van der Waals surface area contributed by atoms with Gasteiger partial charge in [-0.15, -0.1) is 10.2 Å². The lowest BCUT2D eigenvalue weighted by Gasteiger charge is -1.99. The van der Waals surface area contributed by atoms with Gasteiger partial charge in [-0.2, -0.15) is 4.98 Å². The Kier molecular flexibility index (Phi) is 3.27. The van der Waals surface area contributed by atoms with Crippen molar-refractivity contribution >= 4 is 11.6 Å². The second-order valence-corrected chi connectivity index (χ2v) is 5.09. The normalized spacial score (nSPS) is 11.0. The molecule has 118 valence electrons. The van der Waals surface area contributed by atoms with Gasteiger partial charge >= 0.3 is 5.97 Å². The summed E-state index contributed by atoms with van der Waals surface area (Å²) in [6.07, 6.45) is 1.48. The lowest BCUT2D eigenvalue weighted by molar-refractivity contribution is -0.136. The number of aliphatic carboxylic acids is 1. The van der Waals surface area contributed by atoms with Crippen LogP contribution >= 0.6 is 0 Å². The van der Waals surface area contributed by atoms with Crippen molar-refractivity contribution in [2.24, 2.45) is 0 Å². The van der Waals surface area contributed by atoms with E-state index in [-0.39, 0.29) is 6.42 Å². The Morgan fingerprint density at radius 3 is 2.75 bits per heavy atom. The fraction of sp³-hybridized carbons (Fsp3) is 0.0625. The van der Waals surface area contributed by atoms with Gasteiger partial charge in [-0.1, -0.05) is 35.5 Å². The van der Waals surface area contributed by atoms with Crippen molar-refractivity contribution in [1.29, 1.82) is 0 Å². The molecule has 8 nitrogen and oxygen atoms in total. The molecule has 1 aromatic carbocycles. The van der Waals surface area contributed by atoms with Gasteiger partial charge in [0.15, 0.2) is 5.65 Å². The van der Waals surface area contributed by atoms with E-state index in [0.29, 0.717) is 28.8 Å². The van der Waals surface area contributed by atoms with Crippen molar-refractivity contribution in [3.63, 3.8) is 0 Å². The average Bonchev–Trinajstić information content (AvgIpc) is 3.23. The number of nitrogens with zero attached hydrogens (tertiary/aromatic N) is 5. The number of fused-ring (bicyclic) bond motifs is 1. The van der Waals surface area contributed by atoms with Gasteiger partial charge in [0, 0.05) is 11.8 Å². The maximum atomic E-state index is 10.9. The summed E-state index contributed by atoms with van der Waals surface area (Å²) in [5.74, 6) is 0.132. The van der Waals surface area contributed by atoms with Gasteiger partial charge in [0.25, 0.3) is 5.89 Å². The molecule has 4 aromatic rings. The van der Waals surface area contributed by atoms with Crippen LogP contribution in [0.5, 0.6) is 0 Å². The Morgan fingerprint density at radius 1 is 1.12 bits per heavy atom. The third kappa shape index (κ3) is 2.39. The van der Waals surface area contributed by atoms with Crippen LogP contribution in [-0.4, -0.2) is 35.8 Å². The molecule has 8 heteroatoms. The molecule has 0 bridgehead atoms. The van der Waals surface area contributed by atoms with E-state index >= 15 is 0 Å². The lowest BCUT2D eigenvalue weighted by atomic mass is 10.2. The fourth-order valence-electron chi connectivity index (χ4n) is 2.42. The van der Waals surface area contributed by atoms with Crippen molar-refractivity contribution in [1.82, 2.24) is 24.7 Å². The summed E-state index contributed by atoms with van der Waals surface area (Å²) in [7, 11) is 0. The molecular formula is C16H11N5O3. The van der Waals surface area contributed by atoms with Crippen LogP contribution in [0.3, 0.4) is 0 Å². The van der Waals surface area contributed by atoms with E-state index in [1.165, 1.54) is 0 Å². The first kappa shape index (κ1) is 14.1. The van der Waals surface area contributed by atoms with Gasteiger partial charge in [-0.3, -0.25) is 9.20 Å². The smallest absolute Gasteiger partial charge is 0.311 e. The van der Waals surface area contributed by atoms with E-state index in [1.54, 1.807) is 22.7 Å². The summed E-state index contributed by atoms with van der Waals surface area (Å²) in [6, 6.07) is 13.0. The van der Waals surface area contributed by atoms with Crippen LogP contribution in [0, 0.1) is 0 Å². The number of hydrogen-bond donors (Lipinski definition) is 1. The summed E-state index contributed by atoms with van der Waals surface area (Å²) in [5.41, 5.74) is 1.90. The number of hydrogen-bond acceptors (Lipinski definition) is 6. The number of carbonyl (C=O) groups is 1. The fourth-order valence-corrected chi connectivity index (χ4v) is 2.42. The van der Waals surface area contributed by atoms with Gasteiger partial charge in [0.05, 0.1) is 5.56 Å². The number of rotatable bonds is 4. The zero-order chi connectivity index (χ0) is 16.5. The maximum Gasteiger partial charge on any atom is 0.311 e. The van der Waals surface area contributed by atoms with Crippen molar-refractivity contribution in [2.75, 3.05) is 0 Å².